The van der Waals surface area contributed by atoms with Crippen LogP contribution in [0.15, 0.2) is 59.1 Å². The number of carbonyl (C=O) groups excluding carboxylic acids is 1. The van der Waals surface area contributed by atoms with Gasteiger partial charge in [0.05, 0.1) is 6.04 Å². The summed E-state index contributed by atoms with van der Waals surface area (Å²) in [5, 5.41) is 0. The van der Waals surface area contributed by atoms with Gasteiger partial charge in [0, 0.05) is 24.1 Å². The summed E-state index contributed by atoms with van der Waals surface area (Å²) in [4.78, 5) is 17.3. The molecule has 0 aliphatic carbocycles. The molecule has 1 amide bonds. The number of ether oxygens (including phenoxy) is 1. The van der Waals surface area contributed by atoms with Gasteiger partial charge in [-0.3, -0.25) is 4.79 Å². The Hall–Kier alpha value is -1.85. The molecule has 1 aliphatic heterocycles. The van der Waals surface area contributed by atoms with Crippen LogP contribution < -0.4 is 4.74 Å². The fourth-order valence-corrected chi connectivity index (χ4v) is 3.41. The molecule has 1 heterocycles. The Balaban J connectivity index is 1.75. The van der Waals surface area contributed by atoms with Crippen molar-refractivity contribution < 1.29 is 9.53 Å². The summed E-state index contributed by atoms with van der Waals surface area (Å²) in [5.74, 6) is 0.735. The Kier molecular flexibility index (Phi) is 5.76. The SMILES string of the molecule is C[C@@H](Oc1ccc(Br)cc1)C(=O)N1CCN(C)C[C@H]1c1ccccc1. The minimum atomic E-state index is -0.518. The Bertz CT molecular complexity index is 705. The number of piperazine rings is 1. The van der Waals surface area contributed by atoms with E-state index in [0.717, 1.165) is 17.6 Å². The number of carbonyl (C=O) groups is 1. The van der Waals surface area contributed by atoms with Gasteiger partial charge in [-0.1, -0.05) is 46.3 Å². The molecule has 3 rings (SSSR count). The zero-order chi connectivity index (χ0) is 17.8. The van der Waals surface area contributed by atoms with Crippen molar-refractivity contribution >= 4 is 21.8 Å². The molecule has 0 radical (unpaired) electrons. The predicted octanol–water partition coefficient (Wildman–Crippen LogP) is 3.73. The molecule has 0 N–H and O–H groups in total. The Morgan fingerprint density at radius 1 is 1.12 bits per heavy atom. The van der Waals surface area contributed by atoms with Crippen LogP contribution in [0.1, 0.15) is 18.5 Å². The third kappa shape index (κ3) is 4.41. The molecule has 1 fully saturated rings. The third-order valence-electron chi connectivity index (χ3n) is 4.53. The van der Waals surface area contributed by atoms with Gasteiger partial charge in [-0.2, -0.15) is 0 Å². The average molecular weight is 403 g/mol. The quantitative estimate of drug-likeness (QED) is 0.780. The van der Waals surface area contributed by atoms with Crippen LogP contribution in [0, 0.1) is 0 Å². The molecule has 0 spiro atoms. The monoisotopic (exact) mass is 402 g/mol. The predicted molar refractivity (Wildman–Crippen MR) is 103 cm³/mol. The molecule has 4 nitrogen and oxygen atoms in total. The van der Waals surface area contributed by atoms with E-state index in [-0.39, 0.29) is 11.9 Å². The topological polar surface area (TPSA) is 32.8 Å². The molecule has 2 aromatic rings. The van der Waals surface area contributed by atoms with Crippen molar-refractivity contribution in [3.8, 4) is 5.75 Å². The molecule has 5 heteroatoms. The molecule has 25 heavy (non-hydrogen) atoms. The molecule has 0 aromatic heterocycles. The van der Waals surface area contributed by atoms with Gasteiger partial charge in [0.2, 0.25) is 0 Å². The number of benzene rings is 2. The second kappa shape index (κ2) is 8.02. The number of halogens is 1. The van der Waals surface area contributed by atoms with E-state index in [2.05, 4.69) is 40.0 Å². The summed E-state index contributed by atoms with van der Waals surface area (Å²) >= 11 is 3.41. The highest BCUT2D eigenvalue weighted by Gasteiger charge is 2.33. The van der Waals surface area contributed by atoms with Crippen LogP contribution in [0.5, 0.6) is 5.75 Å². The van der Waals surface area contributed by atoms with Crippen LogP contribution in [0.3, 0.4) is 0 Å². The average Bonchev–Trinajstić information content (AvgIpc) is 2.63. The van der Waals surface area contributed by atoms with Crippen molar-refractivity contribution in [3.63, 3.8) is 0 Å². The largest absolute Gasteiger partial charge is 0.481 e. The Morgan fingerprint density at radius 2 is 1.80 bits per heavy atom. The van der Waals surface area contributed by atoms with Crippen LogP contribution in [-0.2, 0) is 4.79 Å². The Labute approximate surface area is 157 Å². The third-order valence-corrected chi connectivity index (χ3v) is 5.05. The highest BCUT2D eigenvalue weighted by atomic mass is 79.9. The molecular weight excluding hydrogens is 380 g/mol. The minimum absolute atomic E-state index is 0.0323. The number of nitrogens with zero attached hydrogens (tertiary/aromatic N) is 2. The summed E-state index contributed by atoms with van der Waals surface area (Å²) in [6.07, 6.45) is -0.518. The van der Waals surface area contributed by atoms with E-state index in [1.807, 2.05) is 54.3 Å². The molecule has 2 atom stereocenters. The molecule has 0 unspecified atom stereocenters. The summed E-state index contributed by atoms with van der Waals surface area (Å²) in [6, 6.07) is 17.8. The lowest BCUT2D eigenvalue weighted by Crippen LogP contribution is -2.52. The van der Waals surface area contributed by atoms with Gasteiger partial charge in [-0.05, 0) is 43.8 Å². The van der Waals surface area contributed by atoms with E-state index in [4.69, 9.17) is 4.74 Å². The molecule has 2 aromatic carbocycles. The first-order valence-corrected chi connectivity index (χ1v) is 9.30. The zero-order valence-electron chi connectivity index (χ0n) is 14.6. The van der Waals surface area contributed by atoms with Gasteiger partial charge in [-0.15, -0.1) is 0 Å². The highest BCUT2D eigenvalue weighted by molar-refractivity contribution is 9.10. The van der Waals surface area contributed by atoms with Crippen molar-refractivity contribution in [2.45, 2.75) is 19.1 Å². The second-order valence-electron chi connectivity index (χ2n) is 6.43. The van der Waals surface area contributed by atoms with Crippen LogP contribution in [0.4, 0.5) is 0 Å². The number of amides is 1. The van der Waals surface area contributed by atoms with E-state index in [9.17, 15) is 4.79 Å². The standard InChI is InChI=1S/C20H23BrN2O2/c1-15(25-18-10-8-17(21)9-11-18)20(24)23-13-12-22(2)14-19(23)16-6-4-3-5-7-16/h3-11,15,19H,12-14H2,1-2H3/t15-,19+/m1/s1. The smallest absolute Gasteiger partial charge is 0.263 e. The number of hydrogen-bond donors (Lipinski definition) is 0. The minimum Gasteiger partial charge on any atom is -0.481 e. The van der Waals surface area contributed by atoms with E-state index < -0.39 is 6.10 Å². The van der Waals surface area contributed by atoms with Crippen molar-refractivity contribution in [2.75, 3.05) is 26.7 Å². The van der Waals surface area contributed by atoms with Crippen molar-refractivity contribution in [1.82, 2.24) is 9.80 Å². The molecule has 0 saturated carbocycles. The lowest BCUT2D eigenvalue weighted by atomic mass is 10.0. The maximum absolute atomic E-state index is 13.0. The van der Waals surface area contributed by atoms with Gasteiger partial charge in [0.1, 0.15) is 5.75 Å². The maximum Gasteiger partial charge on any atom is 0.263 e. The van der Waals surface area contributed by atoms with Gasteiger partial charge in [0.25, 0.3) is 5.91 Å². The first kappa shape index (κ1) is 18.0. The fraction of sp³-hybridized carbons (Fsp3) is 0.350. The first-order chi connectivity index (χ1) is 12.0. The van der Waals surface area contributed by atoms with Crippen LogP contribution in [0.2, 0.25) is 0 Å². The summed E-state index contributed by atoms with van der Waals surface area (Å²) < 4.78 is 6.86. The van der Waals surface area contributed by atoms with E-state index in [0.29, 0.717) is 12.3 Å². The van der Waals surface area contributed by atoms with Gasteiger partial charge < -0.3 is 14.5 Å². The van der Waals surface area contributed by atoms with Crippen molar-refractivity contribution in [2.24, 2.45) is 0 Å². The second-order valence-corrected chi connectivity index (χ2v) is 7.35. The van der Waals surface area contributed by atoms with Crippen LogP contribution in [0.25, 0.3) is 0 Å². The summed E-state index contributed by atoms with van der Waals surface area (Å²) in [5.41, 5.74) is 1.17. The van der Waals surface area contributed by atoms with Crippen LogP contribution >= 0.6 is 15.9 Å². The van der Waals surface area contributed by atoms with Crippen molar-refractivity contribution in [1.29, 1.82) is 0 Å². The molecular formula is C20H23BrN2O2. The first-order valence-electron chi connectivity index (χ1n) is 8.51. The lowest BCUT2D eigenvalue weighted by Gasteiger charge is -2.41. The van der Waals surface area contributed by atoms with E-state index in [1.54, 1.807) is 0 Å². The van der Waals surface area contributed by atoms with Gasteiger partial charge in [-0.25, -0.2) is 0 Å². The molecule has 1 saturated heterocycles. The summed E-state index contributed by atoms with van der Waals surface area (Å²) in [6.45, 7) is 4.24. The van der Waals surface area contributed by atoms with Gasteiger partial charge >= 0.3 is 0 Å². The fourth-order valence-electron chi connectivity index (χ4n) is 3.14. The normalized spacial score (nSPS) is 19.5. The van der Waals surface area contributed by atoms with E-state index in [1.165, 1.54) is 5.56 Å². The van der Waals surface area contributed by atoms with Gasteiger partial charge in [0.15, 0.2) is 6.10 Å². The lowest BCUT2D eigenvalue weighted by molar-refractivity contribution is -0.143. The number of likely N-dealkylation sites (N-methyl/N-ethyl adjacent to an activating group) is 1. The van der Waals surface area contributed by atoms with Crippen LogP contribution in [-0.4, -0.2) is 48.5 Å². The van der Waals surface area contributed by atoms with Crippen molar-refractivity contribution in [3.05, 3.63) is 64.6 Å². The Morgan fingerprint density at radius 3 is 2.48 bits per heavy atom. The molecule has 0 bridgehead atoms. The zero-order valence-corrected chi connectivity index (χ0v) is 16.1. The summed E-state index contributed by atoms with van der Waals surface area (Å²) in [7, 11) is 2.10. The maximum atomic E-state index is 13.0. The number of rotatable bonds is 4. The molecule has 1 aliphatic rings. The number of hydrogen-bond acceptors (Lipinski definition) is 3. The van der Waals surface area contributed by atoms with E-state index >= 15 is 0 Å². The highest BCUT2D eigenvalue weighted by Crippen LogP contribution is 2.26. The molecule has 132 valence electrons.